The number of nitrogens with one attached hydrogen (secondary N) is 2. The van der Waals surface area contributed by atoms with Crippen LogP contribution in [0.25, 0.3) is 0 Å². The Morgan fingerprint density at radius 2 is 1.90 bits per heavy atom. The number of likely N-dealkylation sites (N-methyl/N-ethyl adjacent to an activating group) is 1. The van der Waals surface area contributed by atoms with E-state index in [0.717, 1.165) is 5.56 Å². The van der Waals surface area contributed by atoms with E-state index in [4.69, 9.17) is 0 Å². The van der Waals surface area contributed by atoms with E-state index < -0.39 is 6.04 Å². The zero-order chi connectivity index (χ0) is 14.4. The predicted octanol–water partition coefficient (Wildman–Crippen LogP) is 1.84. The van der Waals surface area contributed by atoms with E-state index in [-0.39, 0.29) is 11.8 Å². The van der Waals surface area contributed by atoms with Crippen molar-refractivity contribution >= 4 is 23.2 Å². The molecule has 0 spiro atoms. The summed E-state index contributed by atoms with van der Waals surface area (Å²) < 4.78 is 0. The van der Waals surface area contributed by atoms with E-state index >= 15 is 0 Å². The molecule has 1 aromatic carbocycles. The Hall–Kier alpha value is -2.14. The van der Waals surface area contributed by atoms with E-state index in [1.165, 1.54) is 11.3 Å². The fourth-order valence-corrected chi connectivity index (χ4v) is 2.50. The van der Waals surface area contributed by atoms with Gasteiger partial charge in [-0.2, -0.15) is 0 Å². The van der Waals surface area contributed by atoms with Crippen molar-refractivity contribution in [2.75, 3.05) is 7.05 Å². The number of benzene rings is 1. The second-order valence-electron chi connectivity index (χ2n) is 4.31. The van der Waals surface area contributed by atoms with Gasteiger partial charge in [-0.1, -0.05) is 36.4 Å². The maximum absolute atomic E-state index is 12.0. The first-order valence-electron chi connectivity index (χ1n) is 6.30. The Bertz CT molecular complexity index is 567. The molecule has 1 heterocycles. The van der Waals surface area contributed by atoms with E-state index in [1.807, 2.05) is 41.8 Å². The van der Waals surface area contributed by atoms with Crippen LogP contribution in [0.5, 0.6) is 0 Å². The van der Waals surface area contributed by atoms with Crippen LogP contribution in [-0.4, -0.2) is 24.9 Å². The van der Waals surface area contributed by atoms with Crippen molar-refractivity contribution in [2.24, 2.45) is 0 Å². The van der Waals surface area contributed by atoms with Crippen LogP contribution in [0.2, 0.25) is 0 Å². The molecule has 4 nitrogen and oxygen atoms in total. The molecule has 1 aromatic heterocycles. The number of carbonyl (C=O) groups excluding carboxylic acids is 2. The minimum atomic E-state index is -0.572. The molecule has 0 saturated heterocycles. The topological polar surface area (TPSA) is 58.2 Å². The number of thiophene rings is 1. The fourth-order valence-electron chi connectivity index (χ4n) is 1.87. The van der Waals surface area contributed by atoms with Gasteiger partial charge in [0, 0.05) is 13.5 Å². The summed E-state index contributed by atoms with van der Waals surface area (Å²) in [6, 6.07) is 12.6. The Morgan fingerprint density at radius 3 is 2.50 bits per heavy atom. The van der Waals surface area contributed by atoms with E-state index in [0.29, 0.717) is 11.3 Å². The summed E-state index contributed by atoms with van der Waals surface area (Å²) in [4.78, 5) is 24.5. The van der Waals surface area contributed by atoms with Crippen molar-refractivity contribution in [1.29, 1.82) is 0 Å². The van der Waals surface area contributed by atoms with Gasteiger partial charge in [0.2, 0.25) is 5.91 Å². The normalized spacial score (nSPS) is 11.7. The summed E-state index contributed by atoms with van der Waals surface area (Å²) in [5, 5.41) is 7.20. The Labute approximate surface area is 121 Å². The van der Waals surface area contributed by atoms with Gasteiger partial charge in [-0.05, 0) is 17.0 Å². The minimum absolute atomic E-state index is 0.196. The molecule has 0 aliphatic rings. The smallest absolute Gasteiger partial charge is 0.262 e. The quantitative estimate of drug-likeness (QED) is 0.882. The summed E-state index contributed by atoms with van der Waals surface area (Å²) in [5.74, 6) is -0.414. The van der Waals surface area contributed by atoms with E-state index in [1.54, 1.807) is 13.1 Å². The summed E-state index contributed by atoms with van der Waals surface area (Å²) in [7, 11) is 1.57. The zero-order valence-corrected chi connectivity index (χ0v) is 11.9. The molecule has 1 atom stereocenters. The molecule has 2 N–H and O–H groups in total. The third-order valence-electron chi connectivity index (χ3n) is 2.90. The lowest BCUT2D eigenvalue weighted by Crippen LogP contribution is -2.46. The van der Waals surface area contributed by atoms with Gasteiger partial charge in [0.15, 0.2) is 0 Å². The number of amides is 2. The van der Waals surface area contributed by atoms with Crippen LogP contribution in [0.15, 0.2) is 47.8 Å². The highest BCUT2D eigenvalue weighted by Gasteiger charge is 2.21. The Morgan fingerprint density at radius 1 is 1.15 bits per heavy atom. The average molecular weight is 288 g/mol. The standard InChI is InChI=1S/C15H16N2O2S/c1-16-14(18)12(10-11-6-3-2-4-7-11)17-15(19)13-8-5-9-20-13/h2-9,12H,10H2,1H3,(H,16,18)(H,17,19). The molecule has 2 aromatic rings. The lowest BCUT2D eigenvalue weighted by molar-refractivity contribution is -0.122. The number of hydrogen-bond donors (Lipinski definition) is 2. The third kappa shape index (κ3) is 3.68. The highest BCUT2D eigenvalue weighted by Crippen LogP contribution is 2.09. The van der Waals surface area contributed by atoms with Gasteiger partial charge in [-0.25, -0.2) is 0 Å². The number of carbonyl (C=O) groups is 2. The summed E-state index contributed by atoms with van der Waals surface area (Å²) in [6.45, 7) is 0. The zero-order valence-electron chi connectivity index (χ0n) is 11.1. The third-order valence-corrected chi connectivity index (χ3v) is 3.76. The summed E-state index contributed by atoms with van der Waals surface area (Å²) >= 11 is 1.35. The molecular formula is C15H16N2O2S. The largest absolute Gasteiger partial charge is 0.357 e. The molecule has 2 amide bonds. The first-order chi connectivity index (χ1) is 9.70. The van der Waals surface area contributed by atoms with Gasteiger partial charge < -0.3 is 10.6 Å². The van der Waals surface area contributed by atoms with Crippen molar-refractivity contribution in [3.05, 3.63) is 58.3 Å². The van der Waals surface area contributed by atoms with Crippen molar-refractivity contribution in [1.82, 2.24) is 10.6 Å². The monoisotopic (exact) mass is 288 g/mol. The molecule has 0 bridgehead atoms. The van der Waals surface area contributed by atoms with Crippen molar-refractivity contribution in [2.45, 2.75) is 12.5 Å². The van der Waals surface area contributed by atoms with Crippen LogP contribution in [0, 0.1) is 0 Å². The molecule has 20 heavy (non-hydrogen) atoms. The number of hydrogen-bond acceptors (Lipinski definition) is 3. The predicted molar refractivity (Wildman–Crippen MR) is 79.8 cm³/mol. The molecule has 0 fully saturated rings. The SMILES string of the molecule is CNC(=O)C(Cc1ccccc1)NC(=O)c1cccs1. The van der Waals surface area contributed by atoms with Gasteiger partial charge in [0.1, 0.15) is 6.04 Å². The van der Waals surface area contributed by atoms with Gasteiger partial charge in [-0.3, -0.25) is 9.59 Å². The fraction of sp³-hybridized carbons (Fsp3) is 0.200. The molecule has 0 saturated carbocycles. The maximum atomic E-state index is 12.0. The van der Waals surface area contributed by atoms with Crippen LogP contribution in [0.4, 0.5) is 0 Å². The molecule has 0 aliphatic heterocycles. The van der Waals surface area contributed by atoms with Crippen LogP contribution < -0.4 is 10.6 Å². The van der Waals surface area contributed by atoms with E-state index in [2.05, 4.69) is 10.6 Å². The highest BCUT2D eigenvalue weighted by atomic mass is 32.1. The molecule has 104 valence electrons. The minimum Gasteiger partial charge on any atom is -0.357 e. The van der Waals surface area contributed by atoms with E-state index in [9.17, 15) is 9.59 Å². The van der Waals surface area contributed by atoms with Crippen LogP contribution >= 0.6 is 11.3 Å². The Kier molecular flexibility index (Phi) is 4.90. The van der Waals surface area contributed by atoms with Gasteiger partial charge in [-0.15, -0.1) is 11.3 Å². The number of rotatable bonds is 5. The van der Waals surface area contributed by atoms with Crippen molar-refractivity contribution in [3.63, 3.8) is 0 Å². The highest BCUT2D eigenvalue weighted by molar-refractivity contribution is 7.12. The van der Waals surface area contributed by atoms with Crippen molar-refractivity contribution < 1.29 is 9.59 Å². The molecule has 0 radical (unpaired) electrons. The molecule has 5 heteroatoms. The summed E-state index contributed by atoms with van der Waals surface area (Å²) in [5.41, 5.74) is 1.01. The lowest BCUT2D eigenvalue weighted by Gasteiger charge is -2.17. The second kappa shape index (κ2) is 6.86. The van der Waals surface area contributed by atoms with Gasteiger partial charge >= 0.3 is 0 Å². The summed E-state index contributed by atoms with van der Waals surface area (Å²) in [6.07, 6.45) is 0.470. The first-order valence-corrected chi connectivity index (χ1v) is 7.18. The Balaban J connectivity index is 2.08. The average Bonchev–Trinajstić information content (AvgIpc) is 3.01. The molecule has 0 aliphatic carbocycles. The van der Waals surface area contributed by atoms with Gasteiger partial charge in [0.25, 0.3) is 5.91 Å². The van der Waals surface area contributed by atoms with Crippen LogP contribution in [0.3, 0.4) is 0 Å². The van der Waals surface area contributed by atoms with Crippen LogP contribution in [-0.2, 0) is 11.2 Å². The maximum Gasteiger partial charge on any atom is 0.262 e. The molecular weight excluding hydrogens is 272 g/mol. The molecule has 1 unspecified atom stereocenters. The first kappa shape index (κ1) is 14.3. The lowest BCUT2D eigenvalue weighted by atomic mass is 10.1. The second-order valence-corrected chi connectivity index (χ2v) is 5.26. The van der Waals surface area contributed by atoms with Crippen molar-refractivity contribution in [3.8, 4) is 0 Å². The van der Waals surface area contributed by atoms with Crippen LogP contribution in [0.1, 0.15) is 15.2 Å². The molecule has 2 rings (SSSR count). The van der Waals surface area contributed by atoms with Gasteiger partial charge in [0.05, 0.1) is 4.88 Å².